The van der Waals surface area contributed by atoms with E-state index in [-0.39, 0.29) is 41.8 Å². The fourth-order valence-corrected chi connectivity index (χ4v) is 3.16. The minimum Gasteiger partial charge on any atom is -0.467 e. The lowest BCUT2D eigenvalue weighted by molar-refractivity contribution is -0.385. The molecule has 0 saturated heterocycles. The van der Waals surface area contributed by atoms with E-state index >= 15 is 0 Å². The Morgan fingerprint density at radius 1 is 1.47 bits per heavy atom. The number of pyridine rings is 1. The zero-order valence-electron chi connectivity index (χ0n) is 16.9. The van der Waals surface area contributed by atoms with E-state index in [2.05, 4.69) is 31.4 Å². The number of hydrogen-bond acceptors (Lipinski definition) is 10. The van der Waals surface area contributed by atoms with E-state index in [4.69, 9.17) is 18.9 Å². The summed E-state index contributed by atoms with van der Waals surface area (Å²) in [4.78, 5) is 26.9. The molecule has 12 nitrogen and oxygen atoms in total. The number of carbonyl (C=O) groups is 1. The summed E-state index contributed by atoms with van der Waals surface area (Å²) < 4.78 is 21.4. The maximum atomic E-state index is 12.1. The molecule has 13 heteroatoms. The Balaban J connectivity index is 1.69. The van der Waals surface area contributed by atoms with Crippen molar-refractivity contribution >= 4 is 33.7 Å². The van der Waals surface area contributed by atoms with Crippen LogP contribution in [0, 0.1) is 28.4 Å². The molecule has 0 atom stereocenters. The van der Waals surface area contributed by atoms with E-state index in [9.17, 15) is 20.2 Å². The first-order valence-corrected chi connectivity index (χ1v) is 9.75. The molecule has 1 aromatic carbocycles. The van der Waals surface area contributed by atoms with Gasteiger partial charge in [0.2, 0.25) is 12.7 Å². The van der Waals surface area contributed by atoms with Crippen molar-refractivity contribution in [3.8, 4) is 23.4 Å². The number of nitriles is 1. The van der Waals surface area contributed by atoms with Gasteiger partial charge in [-0.15, -0.1) is 0 Å². The number of aryl methyl sites for hydroxylation is 1. The number of ether oxygens (including phenoxy) is 4. The molecule has 0 unspecified atom stereocenters. The number of nitro benzene ring substituents is 1. The average molecular weight is 506 g/mol. The van der Waals surface area contributed by atoms with Crippen LogP contribution in [0.4, 0.5) is 5.69 Å². The summed E-state index contributed by atoms with van der Waals surface area (Å²) in [7, 11) is 1.49. The maximum Gasteiger partial charge on any atom is 0.282 e. The zero-order chi connectivity index (χ0) is 23.3. The standard InChI is InChI=1S/C19H16BrN5O7/c1-10-18(20)13(7-29-2)12(5-21)19(23-10)30-8-17(26)24-22-6-11-3-15-16(32-9-31-15)4-14(11)25(27)28/h3-4,6H,7-9H2,1-2H3,(H,24,26)/b22-6+. The van der Waals surface area contributed by atoms with Crippen molar-refractivity contribution in [2.75, 3.05) is 20.5 Å². The molecule has 32 heavy (non-hydrogen) atoms. The molecule has 0 fully saturated rings. The Kier molecular flexibility index (Phi) is 7.18. The van der Waals surface area contributed by atoms with Gasteiger partial charge in [-0.1, -0.05) is 0 Å². The monoisotopic (exact) mass is 505 g/mol. The normalized spacial score (nSPS) is 11.9. The second-order valence-electron chi connectivity index (χ2n) is 6.32. The number of nitrogens with zero attached hydrogens (tertiary/aromatic N) is 4. The molecule has 1 aliphatic rings. The number of halogens is 1. The van der Waals surface area contributed by atoms with E-state index in [0.717, 1.165) is 6.21 Å². The lowest BCUT2D eigenvalue weighted by Crippen LogP contribution is -2.25. The molecule has 0 aliphatic carbocycles. The molecule has 0 saturated carbocycles. The van der Waals surface area contributed by atoms with Crippen LogP contribution < -0.4 is 19.6 Å². The van der Waals surface area contributed by atoms with Gasteiger partial charge in [-0.05, 0) is 28.9 Å². The Morgan fingerprint density at radius 3 is 2.84 bits per heavy atom. The molecule has 3 rings (SSSR count). The van der Waals surface area contributed by atoms with Crippen molar-refractivity contribution in [2.24, 2.45) is 5.10 Å². The van der Waals surface area contributed by atoms with Crippen LogP contribution in [0.15, 0.2) is 21.7 Å². The molecule has 0 radical (unpaired) electrons. The minimum absolute atomic E-state index is 0.0224. The summed E-state index contributed by atoms with van der Waals surface area (Å²) in [5, 5.41) is 24.5. The first kappa shape index (κ1) is 22.9. The van der Waals surface area contributed by atoms with E-state index in [0.29, 0.717) is 21.5 Å². The largest absolute Gasteiger partial charge is 0.467 e. The van der Waals surface area contributed by atoms with Gasteiger partial charge in [0.15, 0.2) is 18.1 Å². The van der Waals surface area contributed by atoms with E-state index < -0.39 is 17.4 Å². The van der Waals surface area contributed by atoms with Gasteiger partial charge < -0.3 is 18.9 Å². The molecule has 2 heterocycles. The summed E-state index contributed by atoms with van der Waals surface area (Å²) in [6, 6.07) is 4.60. The number of aromatic nitrogens is 1. The number of fused-ring (bicyclic) bond motifs is 1. The van der Waals surface area contributed by atoms with Crippen LogP contribution in [-0.4, -0.2) is 42.5 Å². The topological polar surface area (TPSA) is 158 Å². The molecule has 1 amide bonds. The number of methoxy groups -OCH3 is 1. The predicted molar refractivity (Wildman–Crippen MR) is 113 cm³/mol. The van der Waals surface area contributed by atoms with Crippen LogP contribution in [0.25, 0.3) is 0 Å². The Hall–Kier alpha value is -3.76. The van der Waals surface area contributed by atoms with Crippen LogP contribution in [0.2, 0.25) is 0 Å². The molecule has 2 aromatic rings. The molecule has 0 spiro atoms. The van der Waals surface area contributed by atoms with E-state index in [1.54, 1.807) is 6.92 Å². The SMILES string of the molecule is COCc1c(Br)c(C)nc(OCC(=O)N/N=C/c2cc3c(cc2[N+](=O)[O-])OCO3)c1C#N. The molecule has 166 valence electrons. The number of carbonyl (C=O) groups excluding carboxylic acids is 1. The van der Waals surface area contributed by atoms with Crippen LogP contribution in [0.1, 0.15) is 22.4 Å². The van der Waals surface area contributed by atoms with Crippen molar-refractivity contribution in [1.29, 1.82) is 5.26 Å². The van der Waals surface area contributed by atoms with Crippen LogP contribution in [-0.2, 0) is 16.1 Å². The van der Waals surface area contributed by atoms with Crippen LogP contribution in [0.5, 0.6) is 17.4 Å². The molecule has 1 aliphatic heterocycles. The minimum atomic E-state index is -0.663. The summed E-state index contributed by atoms with van der Waals surface area (Å²) in [5.41, 5.74) is 3.29. The number of amides is 1. The van der Waals surface area contributed by atoms with Crippen molar-refractivity contribution in [3.05, 3.63) is 49.1 Å². The lowest BCUT2D eigenvalue weighted by atomic mass is 10.1. The van der Waals surface area contributed by atoms with Gasteiger partial charge in [-0.3, -0.25) is 14.9 Å². The number of nitro groups is 1. The summed E-state index contributed by atoms with van der Waals surface area (Å²) in [5.74, 6) is -0.0982. The predicted octanol–water partition coefficient (Wildman–Crippen LogP) is 2.34. The maximum absolute atomic E-state index is 12.1. The van der Waals surface area contributed by atoms with Crippen molar-refractivity contribution in [3.63, 3.8) is 0 Å². The van der Waals surface area contributed by atoms with Gasteiger partial charge in [0.25, 0.3) is 11.6 Å². The highest BCUT2D eigenvalue weighted by Gasteiger charge is 2.23. The Labute approximate surface area is 190 Å². The zero-order valence-corrected chi connectivity index (χ0v) is 18.5. The highest BCUT2D eigenvalue weighted by molar-refractivity contribution is 9.10. The van der Waals surface area contributed by atoms with Gasteiger partial charge in [-0.2, -0.15) is 10.4 Å². The first-order chi connectivity index (χ1) is 15.3. The van der Waals surface area contributed by atoms with Gasteiger partial charge in [0.05, 0.1) is 35.1 Å². The fourth-order valence-electron chi connectivity index (χ4n) is 2.76. The second kappa shape index (κ2) is 10.0. The highest BCUT2D eigenvalue weighted by Crippen LogP contribution is 2.37. The van der Waals surface area contributed by atoms with Gasteiger partial charge in [0.1, 0.15) is 11.6 Å². The number of benzene rings is 1. The van der Waals surface area contributed by atoms with E-state index in [1.807, 2.05) is 6.07 Å². The van der Waals surface area contributed by atoms with Crippen molar-refractivity contribution in [1.82, 2.24) is 10.4 Å². The number of hydrazone groups is 1. The van der Waals surface area contributed by atoms with Crippen LogP contribution in [0.3, 0.4) is 0 Å². The van der Waals surface area contributed by atoms with Gasteiger partial charge >= 0.3 is 0 Å². The lowest BCUT2D eigenvalue weighted by Gasteiger charge is -2.13. The average Bonchev–Trinajstić information content (AvgIpc) is 3.22. The van der Waals surface area contributed by atoms with Crippen LogP contribution >= 0.6 is 15.9 Å². The van der Waals surface area contributed by atoms with Gasteiger partial charge in [0, 0.05) is 17.1 Å². The second-order valence-corrected chi connectivity index (χ2v) is 7.11. The summed E-state index contributed by atoms with van der Waals surface area (Å²) in [6.07, 6.45) is 1.11. The Bertz CT molecular complexity index is 1150. The van der Waals surface area contributed by atoms with Gasteiger partial charge in [-0.25, -0.2) is 10.4 Å². The fraction of sp³-hybridized carbons (Fsp3) is 0.263. The van der Waals surface area contributed by atoms with E-state index in [1.165, 1.54) is 19.2 Å². The van der Waals surface area contributed by atoms with Crippen molar-refractivity contribution in [2.45, 2.75) is 13.5 Å². The third-order valence-corrected chi connectivity index (χ3v) is 5.27. The number of nitrogens with one attached hydrogen (secondary N) is 1. The Morgan fingerprint density at radius 2 is 2.19 bits per heavy atom. The third kappa shape index (κ3) is 4.93. The third-order valence-electron chi connectivity index (χ3n) is 4.22. The molecule has 0 bridgehead atoms. The highest BCUT2D eigenvalue weighted by atomic mass is 79.9. The molecule has 1 N–H and O–H groups in total. The first-order valence-electron chi connectivity index (χ1n) is 8.96. The summed E-state index contributed by atoms with van der Waals surface area (Å²) >= 11 is 3.37. The molecular weight excluding hydrogens is 490 g/mol. The quantitative estimate of drug-likeness (QED) is 0.322. The molecular formula is C19H16BrN5O7. The van der Waals surface area contributed by atoms with Crippen molar-refractivity contribution < 1.29 is 28.7 Å². The molecule has 1 aromatic heterocycles. The number of hydrogen-bond donors (Lipinski definition) is 1. The summed E-state index contributed by atoms with van der Waals surface area (Å²) in [6.45, 7) is 1.32. The number of rotatable bonds is 8. The smallest absolute Gasteiger partial charge is 0.282 e.